The molecule has 2 aromatic heterocycles. The van der Waals surface area contributed by atoms with Crippen molar-refractivity contribution < 1.29 is 0 Å². The Hall–Kier alpha value is -1.20. The van der Waals surface area contributed by atoms with Crippen LogP contribution in [0.5, 0.6) is 0 Å². The van der Waals surface area contributed by atoms with Crippen LogP contribution < -0.4 is 10.9 Å². The molecular weight excluding hydrogens is 282 g/mol. The van der Waals surface area contributed by atoms with Crippen molar-refractivity contribution in [1.29, 1.82) is 0 Å². The van der Waals surface area contributed by atoms with Gasteiger partial charge in [0.1, 0.15) is 10.7 Å². The minimum absolute atomic E-state index is 0.0197. The highest BCUT2D eigenvalue weighted by molar-refractivity contribution is 7.18. The van der Waals surface area contributed by atoms with Crippen molar-refractivity contribution in [1.82, 2.24) is 15.3 Å². The van der Waals surface area contributed by atoms with E-state index in [9.17, 15) is 4.79 Å². The van der Waals surface area contributed by atoms with E-state index in [1.807, 2.05) is 13.8 Å². The van der Waals surface area contributed by atoms with Crippen LogP contribution >= 0.6 is 11.3 Å². The highest BCUT2D eigenvalue weighted by atomic mass is 32.1. The Morgan fingerprint density at radius 2 is 1.81 bits per heavy atom. The second kappa shape index (κ2) is 6.28. The lowest BCUT2D eigenvalue weighted by Gasteiger charge is -2.31. The van der Waals surface area contributed by atoms with Crippen LogP contribution in [0.4, 0.5) is 0 Å². The second-order valence-corrected chi connectivity index (χ2v) is 6.87. The maximum absolute atomic E-state index is 12.3. The normalized spacial score (nSPS) is 12.2. The van der Waals surface area contributed by atoms with E-state index in [0.29, 0.717) is 6.54 Å². The standard InChI is InChI=1S/C16H25N3OS/c1-6-16(7-2,8-3)17-9-12-18-14(20)13-10(4)11(5)21-15(13)19-12/h17H,6-9H2,1-5H3,(H,18,19,20). The number of aryl methyl sites for hydroxylation is 2. The lowest BCUT2D eigenvalue weighted by Crippen LogP contribution is -2.43. The zero-order chi connectivity index (χ0) is 15.6. The molecule has 0 aliphatic rings. The molecular formula is C16H25N3OS. The summed E-state index contributed by atoms with van der Waals surface area (Å²) in [5.74, 6) is 0.730. The highest BCUT2D eigenvalue weighted by Crippen LogP contribution is 2.26. The number of nitrogens with zero attached hydrogens (tertiary/aromatic N) is 1. The van der Waals surface area contributed by atoms with Crippen LogP contribution in [-0.4, -0.2) is 15.5 Å². The highest BCUT2D eigenvalue weighted by Gasteiger charge is 2.23. The number of hydrogen-bond donors (Lipinski definition) is 2. The van der Waals surface area contributed by atoms with Gasteiger partial charge in [-0.05, 0) is 38.7 Å². The van der Waals surface area contributed by atoms with Gasteiger partial charge in [-0.1, -0.05) is 20.8 Å². The van der Waals surface area contributed by atoms with E-state index in [0.717, 1.165) is 45.7 Å². The molecule has 116 valence electrons. The first-order chi connectivity index (χ1) is 9.96. The van der Waals surface area contributed by atoms with Gasteiger partial charge in [0.05, 0.1) is 11.9 Å². The van der Waals surface area contributed by atoms with Crippen molar-refractivity contribution in [2.24, 2.45) is 0 Å². The third-order valence-corrected chi connectivity index (χ3v) is 5.85. The third kappa shape index (κ3) is 3.04. The number of thiophene rings is 1. The zero-order valence-corrected chi connectivity index (χ0v) is 14.4. The first-order valence-electron chi connectivity index (χ1n) is 7.70. The Labute approximate surface area is 130 Å². The lowest BCUT2D eigenvalue weighted by atomic mass is 9.90. The Morgan fingerprint density at radius 1 is 1.19 bits per heavy atom. The third-order valence-electron chi connectivity index (χ3n) is 4.75. The minimum atomic E-state index is -0.0197. The molecule has 0 amide bonds. The summed E-state index contributed by atoms with van der Waals surface area (Å²) in [7, 11) is 0. The Balaban J connectivity index is 2.30. The molecule has 2 rings (SSSR count). The number of hydrogen-bond acceptors (Lipinski definition) is 4. The average Bonchev–Trinajstić information content (AvgIpc) is 2.76. The fourth-order valence-electron chi connectivity index (χ4n) is 2.78. The molecule has 0 aliphatic heterocycles. The SMILES string of the molecule is CCC(CC)(CC)NCc1nc2sc(C)c(C)c2c(=O)[nH]1. The maximum Gasteiger partial charge on any atom is 0.259 e. The van der Waals surface area contributed by atoms with Crippen molar-refractivity contribution >= 4 is 21.6 Å². The molecule has 4 nitrogen and oxygen atoms in total. The summed E-state index contributed by atoms with van der Waals surface area (Å²) in [6, 6.07) is 0. The van der Waals surface area contributed by atoms with Crippen LogP contribution in [0.3, 0.4) is 0 Å². The molecule has 2 N–H and O–H groups in total. The van der Waals surface area contributed by atoms with E-state index in [1.54, 1.807) is 11.3 Å². The van der Waals surface area contributed by atoms with Crippen molar-refractivity contribution in [3.05, 3.63) is 26.6 Å². The zero-order valence-electron chi connectivity index (χ0n) is 13.6. The molecule has 0 saturated heterocycles. The Bertz CT molecular complexity index is 674. The summed E-state index contributed by atoms with van der Waals surface area (Å²) in [5.41, 5.74) is 1.16. The quantitative estimate of drug-likeness (QED) is 0.856. The Morgan fingerprint density at radius 3 is 2.38 bits per heavy atom. The van der Waals surface area contributed by atoms with Gasteiger partial charge in [-0.15, -0.1) is 11.3 Å². The van der Waals surface area contributed by atoms with Gasteiger partial charge in [-0.2, -0.15) is 0 Å². The first kappa shape index (κ1) is 16.2. The van der Waals surface area contributed by atoms with Gasteiger partial charge in [0.2, 0.25) is 0 Å². The summed E-state index contributed by atoms with van der Waals surface area (Å²) < 4.78 is 0. The number of fused-ring (bicyclic) bond motifs is 1. The monoisotopic (exact) mass is 307 g/mol. The Kier molecular flexibility index (Phi) is 4.84. The van der Waals surface area contributed by atoms with Gasteiger partial charge >= 0.3 is 0 Å². The fraction of sp³-hybridized carbons (Fsp3) is 0.625. The summed E-state index contributed by atoms with van der Waals surface area (Å²) in [6.45, 7) is 11.2. The van der Waals surface area contributed by atoms with E-state index >= 15 is 0 Å². The molecule has 21 heavy (non-hydrogen) atoms. The maximum atomic E-state index is 12.3. The van der Waals surface area contributed by atoms with Crippen LogP contribution in [0.15, 0.2) is 4.79 Å². The number of aromatic nitrogens is 2. The van der Waals surface area contributed by atoms with E-state index in [2.05, 4.69) is 36.1 Å². The molecule has 2 heterocycles. The van der Waals surface area contributed by atoms with Gasteiger partial charge in [-0.3, -0.25) is 4.79 Å². The number of rotatable bonds is 6. The van der Waals surface area contributed by atoms with Crippen LogP contribution in [-0.2, 0) is 6.54 Å². The topological polar surface area (TPSA) is 57.8 Å². The molecule has 0 aliphatic carbocycles. The van der Waals surface area contributed by atoms with Crippen molar-refractivity contribution in [2.75, 3.05) is 0 Å². The van der Waals surface area contributed by atoms with E-state index < -0.39 is 0 Å². The van der Waals surface area contributed by atoms with Crippen LogP contribution in [0.25, 0.3) is 10.2 Å². The first-order valence-corrected chi connectivity index (χ1v) is 8.52. The molecule has 0 bridgehead atoms. The number of H-pyrrole nitrogens is 1. The average molecular weight is 307 g/mol. The summed E-state index contributed by atoms with van der Waals surface area (Å²) in [4.78, 5) is 21.8. The van der Waals surface area contributed by atoms with Gasteiger partial charge in [0.15, 0.2) is 0 Å². The number of aromatic amines is 1. The molecule has 0 fully saturated rings. The molecule has 0 atom stereocenters. The molecule has 0 spiro atoms. The van der Waals surface area contributed by atoms with Crippen LogP contribution in [0, 0.1) is 13.8 Å². The predicted molar refractivity (Wildman–Crippen MR) is 90.2 cm³/mol. The second-order valence-electron chi connectivity index (χ2n) is 5.67. The van der Waals surface area contributed by atoms with Crippen molar-refractivity contribution in [3.63, 3.8) is 0 Å². The molecule has 0 aromatic carbocycles. The molecule has 0 unspecified atom stereocenters. The van der Waals surface area contributed by atoms with Crippen LogP contribution in [0.1, 0.15) is 56.3 Å². The van der Waals surface area contributed by atoms with Gasteiger partial charge in [-0.25, -0.2) is 4.98 Å². The molecule has 0 saturated carbocycles. The molecule has 0 radical (unpaired) electrons. The van der Waals surface area contributed by atoms with Gasteiger partial charge in [0, 0.05) is 10.4 Å². The summed E-state index contributed by atoms with van der Waals surface area (Å²) in [5, 5.41) is 4.33. The molecule has 2 aromatic rings. The van der Waals surface area contributed by atoms with E-state index in [-0.39, 0.29) is 11.1 Å². The minimum Gasteiger partial charge on any atom is -0.309 e. The molecule has 5 heteroatoms. The van der Waals surface area contributed by atoms with Gasteiger partial charge < -0.3 is 10.3 Å². The summed E-state index contributed by atoms with van der Waals surface area (Å²) in [6.07, 6.45) is 3.22. The van der Waals surface area contributed by atoms with E-state index in [4.69, 9.17) is 0 Å². The smallest absolute Gasteiger partial charge is 0.259 e. The number of nitrogens with one attached hydrogen (secondary N) is 2. The van der Waals surface area contributed by atoms with Crippen molar-refractivity contribution in [2.45, 2.75) is 66.0 Å². The van der Waals surface area contributed by atoms with Gasteiger partial charge in [0.25, 0.3) is 5.56 Å². The van der Waals surface area contributed by atoms with Crippen molar-refractivity contribution in [3.8, 4) is 0 Å². The summed E-state index contributed by atoms with van der Waals surface area (Å²) >= 11 is 1.60. The lowest BCUT2D eigenvalue weighted by molar-refractivity contribution is 0.285. The van der Waals surface area contributed by atoms with Crippen LogP contribution in [0.2, 0.25) is 0 Å². The largest absolute Gasteiger partial charge is 0.309 e. The van der Waals surface area contributed by atoms with E-state index in [1.165, 1.54) is 0 Å². The fourth-order valence-corrected chi connectivity index (χ4v) is 3.83. The predicted octanol–water partition coefficient (Wildman–Crippen LogP) is 3.66.